The zero-order chi connectivity index (χ0) is 50.0. The molecule has 0 aliphatic heterocycles. The lowest BCUT2D eigenvalue weighted by molar-refractivity contribution is -0.166. The van der Waals surface area contributed by atoms with Crippen molar-refractivity contribution in [3.63, 3.8) is 0 Å². The Morgan fingerprint density at radius 2 is 0.594 bits per heavy atom. The van der Waals surface area contributed by atoms with Gasteiger partial charge in [0.05, 0.1) is 0 Å². The maximum atomic E-state index is 12.9. The highest BCUT2D eigenvalue weighted by Gasteiger charge is 2.19. The van der Waals surface area contributed by atoms with Gasteiger partial charge in [-0.2, -0.15) is 0 Å². The first-order chi connectivity index (χ1) is 34.0. The largest absolute Gasteiger partial charge is 0.462 e. The van der Waals surface area contributed by atoms with E-state index < -0.39 is 6.10 Å². The Morgan fingerprint density at radius 3 is 0.971 bits per heavy atom. The van der Waals surface area contributed by atoms with Crippen LogP contribution in [0.4, 0.5) is 0 Å². The van der Waals surface area contributed by atoms with Crippen LogP contribution in [-0.4, -0.2) is 37.2 Å². The van der Waals surface area contributed by atoms with E-state index in [9.17, 15) is 14.4 Å². The molecule has 0 bridgehead atoms. The monoisotopic (exact) mass is 961 g/mol. The number of hydrogen-bond acceptors (Lipinski definition) is 6. The Bertz CT molecular complexity index is 1330. The van der Waals surface area contributed by atoms with E-state index in [0.29, 0.717) is 19.3 Å². The van der Waals surface area contributed by atoms with Crippen molar-refractivity contribution in [2.75, 3.05) is 13.2 Å². The van der Waals surface area contributed by atoms with E-state index in [0.717, 1.165) is 77.0 Å². The maximum absolute atomic E-state index is 12.9. The Kier molecular flexibility index (Phi) is 54.3. The van der Waals surface area contributed by atoms with Gasteiger partial charge in [-0.1, -0.05) is 260 Å². The Labute approximate surface area is 426 Å². The summed E-state index contributed by atoms with van der Waals surface area (Å²) in [5, 5.41) is 0. The van der Waals surface area contributed by atoms with Gasteiger partial charge in [0.15, 0.2) is 6.10 Å². The lowest BCUT2D eigenvalue weighted by Crippen LogP contribution is -2.30. The fourth-order valence-electron chi connectivity index (χ4n) is 8.05. The second-order valence-electron chi connectivity index (χ2n) is 19.2. The maximum Gasteiger partial charge on any atom is 0.306 e. The molecule has 69 heavy (non-hydrogen) atoms. The van der Waals surface area contributed by atoms with Crippen molar-refractivity contribution in [1.29, 1.82) is 0 Å². The van der Waals surface area contributed by atoms with Gasteiger partial charge in [-0.3, -0.25) is 14.4 Å². The molecule has 0 aliphatic carbocycles. The topological polar surface area (TPSA) is 78.9 Å². The number of carbonyl (C=O) groups is 3. The lowest BCUT2D eigenvalue weighted by atomic mass is 10.0. The quantitative estimate of drug-likeness (QED) is 0.0262. The molecule has 6 nitrogen and oxygen atoms in total. The average molecular weight is 962 g/mol. The summed E-state index contributed by atoms with van der Waals surface area (Å²) < 4.78 is 16.8. The van der Waals surface area contributed by atoms with E-state index in [1.54, 1.807) is 0 Å². The number of unbranched alkanes of at least 4 members (excludes halogenated alkanes) is 27. The Morgan fingerprint density at radius 1 is 0.304 bits per heavy atom. The van der Waals surface area contributed by atoms with Crippen molar-refractivity contribution in [3.8, 4) is 0 Å². The van der Waals surface area contributed by atoms with Gasteiger partial charge in [0.1, 0.15) is 13.2 Å². The van der Waals surface area contributed by atoms with Crippen molar-refractivity contribution in [3.05, 3.63) is 85.1 Å². The predicted octanol–water partition coefficient (Wildman–Crippen LogP) is 19.5. The standard InChI is InChI=1S/C63H108O6/c1-4-7-10-13-16-19-22-24-26-28-30-31-33-35-37-39-42-45-48-51-54-57-63(66)69-60(58-67-61(64)55-52-49-46-43-40-21-18-15-12-9-6-3)59-68-62(65)56-53-50-47-44-41-38-36-34-32-29-27-25-23-20-17-14-11-8-5-2/h8,11,17,20,24-27,32,34,38,41,47,50,60H,4-7,9-10,12-16,18-19,21-23,28-31,33,35-37,39-40,42-46,48-49,51-59H2,1-3H3/b11-8-,20-17-,26-24-,27-25-,34-32-,41-38-,50-47-/t60-/m0/s1. The van der Waals surface area contributed by atoms with Gasteiger partial charge >= 0.3 is 17.9 Å². The van der Waals surface area contributed by atoms with Gasteiger partial charge in [0.25, 0.3) is 0 Å². The summed E-state index contributed by atoms with van der Waals surface area (Å²) in [4.78, 5) is 38.1. The van der Waals surface area contributed by atoms with E-state index >= 15 is 0 Å². The van der Waals surface area contributed by atoms with E-state index in [1.165, 1.54) is 154 Å². The first kappa shape index (κ1) is 65.6. The fourth-order valence-corrected chi connectivity index (χ4v) is 8.05. The van der Waals surface area contributed by atoms with Crippen LogP contribution in [0.3, 0.4) is 0 Å². The van der Waals surface area contributed by atoms with Crippen molar-refractivity contribution in [2.24, 2.45) is 0 Å². The molecule has 0 amide bonds. The summed E-state index contributed by atoms with van der Waals surface area (Å²) in [6.07, 6.45) is 74.5. The molecule has 0 unspecified atom stereocenters. The van der Waals surface area contributed by atoms with Crippen LogP contribution in [0.15, 0.2) is 85.1 Å². The highest BCUT2D eigenvalue weighted by Crippen LogP contribution is 2.16. The second-order valence-corrected chi connectivity index (χ2v) is 19.2. The molecule has 1 atom stereocenters. The van der Waals surface area contributed by atoms with E-state index in [4.69, 9.17) is 14.2 Å². The van der Waals surface area contributed by atoms with E-state index in [1.807, 2.05) is 6.08 Å². The molecule has 0 aromatic rings. The number of ether oxygens (including phenoxy) is 3. The molecule has 0 aliphatic rings. The smallest absolute Gasteiger partial charge is 0.306 e. The number of rotatable bonds is 52. The third-order valence-electron chi connectivity index (χ3n) is 12.4. The van der Waals surface area contributed by atoms with Gasteiger partial charge in [-0.15, -0.1) is 0 Å². The number of allylic oxidation sites excluding steroid dienone is 14. The summed E-state index contributed by atoms with van der Waals surface area (Å²) in [6.45, 7) is 6.47. The van der Waals surface area contributed by atoms with Crippen LogP contribution in [0.1, 0.15) is 278 Å². The number of esters is 3. The predicted molar refractivity (Wildman–Crippen MR) is 297 cm³/mol. The molecule has 0 heterocycles. The van der Waals surface area contributed by atoms with E-state index in [2.05, 4.69) is 99.8 Å². The van der Waals surface area contributed by atoms with Gasteiger partial charge < -0.3 is 14.2 Å². The summed E-state index contributed by atoms with van der Waals surface area (Å²) >= 11 is 0. The minimum absolute atomic E-state index is 0.0978. The minimum atomic E-state index is -0.806. The molecule has 0 rings (SSSR count). The zero-order valence-corrected chi connectivity index (χ0v) is 45.3. The second kappa shape index (κ2) is 57.2. The van der Waals surface area contributed by atoms with Gasteiger partial charge in [-0.05, 0) is 83.5 Å². The molecule has 0 N–H and O–H groups in total. The van der Waals surface area contributed by atoms with Crippen molar-refractivity contribution < 1.29 is 28.6 Å². The van der Waals surface area contributed by atoms with Gasteiger partial charge in [0, 0.05) is 19.3 Å². The van der Waals surface area contributed by atoms with Crippen LogP contribution in [0.2, 0.25) is 0 Å². The van der Waals surface area contributed by atoms with Crippen molar-refractivity contribution in [1.82, 2.24) is 0 Å². The van der Waals surface area contributed by atoms with Crippen LogP contribution in [0, 0.1) is 0 Å². The third-order valence-corrected chi connectivity index (χ3v) is 12.4. The molecule has 396 valence electrons. The highest BCUT2D eigenvalue weighted by molar-refractivity contribution is 5.71. The molecule has 0 aromatic heterocycles. The van der Waals surface area contributed by atoms with Crippen molar-refractivity contribution in [2.45, 2.75) is 284 Å². The normalized spacial score (nSPS) is 12.7. The fraction of sp³-hybridized carbons (Fsp3) is 0.730. The summed E-state index contributed by atoms with van der Waals surface area (Å²) in [6, 6.07) is 0. The molecule has 0 fully saturated rings. The van der Waals surface area contributed by atoms with Crippen LogP contribution >= 0.6 is 0 Å². The number of hydrogen-bond donors (Lipinski definition) is 0. The molecule has 0 aromatic carbocycles. The molecular formula is C63H108O6. The Balaban J connectivity index is 4.41. The van der Waals surface area contributed by atoms with Crippen molar-refractivity contribution >= 4 is 17.9 Å². The first-order valence-corrected chi connectivity index (χ1v) is 29.1. The van der Waals surface area contributed by atoms with Crippen LogP contribution < -0.4 is 0 Å². The minimum Gasteiger partial charge on any atom is -0.462 e. The SMILES string of the molecule is CC/C=C\C/C=C\C/C=C\C/C=C\C/C=C\C/C=C\CCC(=O)OC[C@H](COC(=O)CCCCCCCCCCCCC)OC(=O)CCCCCCCCCCCCC/C=C\CCCCCCCC. The van der Waals surface area contributed by atoms with E-state index in [-0.39, 0.29) is 37.5 Å². The Hall–Kier alpha value is -3.41. The van der Waals surface area contributed by atoms with Gasteiger partial charge in [-0.25, -0.2) is 0 Å². The molecule has 0 saturated carbocycles. The zero-order valence-electron chi connectivity index (χ0n) is 45.3. The number of carbonyl (C=O) groups excluding carboxylic acids is 3. The molecule has 6 heteroatoms. The summed E-state index contributed by atoms with van der Waals surface area (Å²) in [5.41, 5.74) is 0. The summed E-state index contributed by atoms with van der Waals surface area (Å²) in [5.74, 6) is -0.980. The highest BCUT2D eigenvalue weighted by atomic mass is 16.6. The van der Waals surface area contributed by atoms with Gasteiger partial charge in [0.2, 0.25) is 0 Å². The molecule has 0 radical (unpaired) electrons. The first-order valence-electron chi connectivity index (χ1n) is 29.1. The third kappa shape index (κ3) is 55.4. The molecule has 0 saturated heterocycles. The van der Waals surface area contributed by atoms with Crippen LogP contribution in [0.5, 0.6) is 0 Å². The van der Waals surface area contributed by atoms with Crippen LogP contribution in [0.25, 0.3) is 0 Å². The van der Waals surface area contributed by atoms with Crippen LogP contribution in [-0.2, 0) is 28.6 Å². The molecular weight excluding hydrogens is 853 g/mol. The lowest BCUT2D eigenvalue weighted by Gasteiger charge is -2.18. The molecule has 0 spiro atoms. The average Bonchev–Trinajstić information content (AvgIpc) is 3.35. The summed E-state index contributed by atoms with van der Waals surface area (Å²) in [7, 11) is 0.